The molecule has 0 rings (SSSR count). The van der Waals surface area contributed by atoms with Crippen LogP contribution in [0.15, 0.2) is 0 Å². The normalized spacial score (nSPS) is 13.1. The molecule has 2 atom stereocenters. The highest BCUT2D eigenvalue weighted by molar-refractivity contribution is 5.67. The van der Waals surface area contributed by atoms with E-state index in [1.165, 1.54) is 180 Å². The molecule has 0 heterocycles. The molecular formula is C38H75O2-. The highest BCUT2D eigenvalue weighted by atomic mass is 16.4. The Morgan fingerprint density at radius 1 is 0.375 bits per heavy atom. The summed E-state index contributed by atoms with van der Waals surface area (Å²) in [5.74, 6) is -0.647. The predicted octanol–water partition coefficient (Wildman–Crippen LogP) is 12.5. The van der Waals surface area contributed by atoms with Crippen LogP contribution in [0.2, 0.25) is 0 Å². The third kappa shape index (κ3) is 27.6. The van der Waals surface area contributed by atoms with Gasteiger partial charge in [-0.1, -0.05) is 207 Å². The predicted molar refractivity (Wildman–Crippen MR) is 177 cm³/mol. The molecule has 0 saturated heterocycles. The summed E-state index contributed by atoms with van der Waals surface area (Å²) >= 11 is 0. The van der Waals surface area contributed by atoms with Gasteiger partial charge in [0.05, 0.1) is 0 Å². The van der Waals surface area contributed by atoms with Crippen molar-refractivity contribution in [1.29, 1.82) is 0 Å². The van der Waals surface area contributed by atoms with Crippen LogP contribution in [0.3, 0.4) is 0 Å². The minimum atomic E-state index is -0.762. The van der Waals surface area contributed by atoms with Gasteiger partial charge in [0.25, 0.3) is 0 Å². The summed E-state index contributed by atoms with van der Waals surface area (Å²) < 4.78 is 0. The third-order valence-electron chi connectivity index (χ3n) is 9.35. The molecule has 0 aromatic rings. The molecule has 0 aliphatic heterocycles. The molecule has 2 heteroatoms. The second kappa shape index (κ2) is 33.0. The molecule has 0 aliphatic carbocycles. The van der Waals surface area contributed by atoms with Crippen molar-refractivity contribution in [2.24, 2.45) is 11.8 Å². The van der Waals surface area contributed by atoms with E-state index in [2.05, 4.69) is 20.8 Å². The lowest BCUT2D eigenvalue weighted by Crippen LogP contribution is -2.36. The standard InChI is InChI=1S/C38H76O2/c1-4-7-10-13-16-18-19-20-21-22-24-26-29-32-35-37(38(39)40)36(33-30-27-15-12-9-6-3)34-31-28-25-23-17-14-11-8-5-2/h36-37H,4-35H2,1-3H3,(H,39,40)/p-1. The van der Waals surface area contributed by atoms with Gasteiger partial charge in [0.15, 0.2) is 0 Å². The van der Waals surface area contributed by atoms with Crippen LogP contribution in [0.4, 0.5) is 0 Å². The molecule has 40 heavy (non-hydrogen) atoms. The van der Waals surface area contributed by atoms with Gasteiger partial charge in [-0.15, -0.1) is 0 Å². The molecule has 0 aromatic heterocycles. The van der Waals surface area contributed by atoms with Gasteiger partial charge in [0.1, 0.15) is 0 Å². The van der Waals surface area contributed by atoms with Crippen LogP contribution in [0, 0.1) is 11.8 Å². The Bertz CT molecular complexity index is 488. The molecular weight excluding hydrogens is 488 g/mol. The van der Waals surface area contributed by atoms with E-state index in [-0.39, 0.29) is 5.92 Å². The van der Waals surface area contributed by atoms with E-state index in [0.717, 1.165) is 25.7 Å². The zero-order chi connectivity index (χ0) is 29.4. The first kappa shape index (κ1) is 39.5. The van der Waals surface area contributed by atoms with Gasteiger partial charge in [0, 0.05) is 11.9 Å². The zero-order valence-electron chi connectivity index (χ0n) is 28.1. The summed E-state index contributed by atoms with van der Waals surface area (Å²) in [6, 6.07) is 0. The van der Waals surface area contributed by atoms with Crippen molar-refractivity contribution in [2.75, 3.05) is 0 Å². The first-order valence-electron chi connectivity index (χ1n) is 18.9. The topological polar surface area (TPSA) is 40.1 Å². The summed E-state index contributed by atoms with van der Waals surface area (Å²) in [6.07, 6.45) is 41.7. The van der Waals surface area contributed by atoms with E-state index in [1.54, 1.807) is 0 Å². The Balaban J connectivity index is 4.19. The number of aliphatic carboxylic acids is 1. The maximum Gasteiger partial charge on any atom is 0.0448 e. The largest absolute Gasteiger partial charge is 0.550 e. The average Bonchev–Trinajstić information content (AvgIpc) is 2.95. The quantitative estimate of drug-likeness (QED) is 0.0730. The first-order chi connectivity index (χ1) is 19.7. The summed E-state index contributed by atoms with van der Waals surface area (Å²) in [4.78, 5) is 12.2. The number of carboxylic acids is 1. The molecule has 0 saturated carbocycles. The van der Waals surface area contributed by atoms with Crippen LogP contribution in [-0.2, 0) is 4.79 Å². The number of carbonyl (C=O) groups excluding carboxylic acids is 1. The third-order valence-corrected chi connectivity index (χ3v) is 9.35. The van der Waals surface area contributed by atoms with Crippen molar-refractivity contribution >= 4 is 5.97 Å². The van der Waals surface area contributed by atoms with Gasteiger partial charge in [-0.05, 0) is 25.2 Å². The van der Waals surface area contributed by atoms with Crippen molar-refractivity contribution in [3.05, 3.63) is 0 Å². The molecule has 0 aromatic carbocycles. The zero-order valence-corrected chi connectivity index (χ0v) is 28.1. The van der Waals surface area contributed by atoms with Crippen LogP contribution in [0.25, 0.3) is 0 Å². The Hall–Kier alpha value is -0.530. The molecule has 0 amide bonds. The van der Waals surface area contributed by atoms with E-state index < -0.39 is 5.97 Å². The molecule has 0 radical (unpaired) electrons. The lowest BCUT2D eigenvalue weighted by atomic mass is 9.80. The van der Waals surface area contributed by atoms with Crippen molar-refractivity contribution < 1.29 is 9.90 Å². The SMILES string of the molecule is CCCCCCCCCCCCCCCCC(C(=O)[O-])C(CCCCCCCC)CCCCCCCCCCC. The van der Waals surface area contributed by atoms with Gasteiger partial charge in [-0.25, -0.2) is 0 Å². The monoisotopic (exact) mass is 564 g/mol. The van der Waals surface area contributed by atoms with Crippen LogP contribution in [0.1, 0.15) is 226 Å². The molecule has 0 spiro atoms. The second-order valence-corrected chi connectivity index (χ2v) is 13.2. The minimum Gasteiger partial charge on any atom is -0.550 e. The van der Waals surface area contributed by atoms with Crippen molar-refractivity contribution in [3.8, 4) is 0 Å². The fraction of sp³-hybridized carbons (Fsp3) is 0.974. The lowest BCUT2D eigenvalue weighted by Gasteiger charge is -2.28. The molecule has 0 aliphatic rings. The van der Waals surface area contributed by atoms with E-state index in [9.17, 15) is 9.90 Å². The van der Waals surface area contributed by atoms with Gasteiger partial charge in [-0.3, -0.25) is 0 Å². The average molecular weight is 564 g/mol. The molecule has 2 nitrogen and oxygen atoms in total. The maximum absolute atomic E-state index is 12.2. The molecule has 240 valence electrons. The van der Waals surface area contributed by atoms with Crippen LogP contribution in [-0.4, -0.2) is 5.97 Å². The first-order valence-corrected chi connectivity index (χ1v) is 18.9. The summed E-state index contributed by atoms with van der Waals surface area (Å²) in [5.41, 5.74) is 0. The van der Waals surface area contributed by atoms with Crippen LogP contribution >= 0.6 is 0 Å². The molecule has 0 fully saturated rings. The Morgan fingerprint density at radius 3 is 0.850 bits per heavy atom. The number of rotatable bonds is 34. The van der Waals surface area contributed by atoms with Crippen molar-refractivity contribution in [3.63, 3.8) is 0 Å². The Morgan fingerprint density at radius 2 is 0.600 bits per heavy atom. The van der Waals surface area contributed by atoms with Crippen LogP contribution in [0.5, 0.6) is 0 Å². The van der Waals surface area contributed by atoms with Crippen molar-refractivity contribution in [2.45, 2.75) is 226 Å². The van der Waals surface area contributed by atoms with E-state index in [0.29, 0.717) is 5.92 Å². The van der Waals surface area contributed by atoms with Crippen molar-refractivity contribution in [1.82, 2.24) is 0 Å². The van der Waals surface area contributed by atoms with Gasteiger partial charge in [0.2, 0.25) is 0 Å². The number of hydrogen-bond acceptors (Lipinski definition) is 2. The fourth-order valence-electron chi connectivity index (χ4n) is 6.56. The molecule has 0 bridgehead atoms. The number of hydrogen-bond donors (Lipinski definition) is 0. The number of carboxylic acid groups (broad SMARTS) is 1. The smallest absolute Gasteiger partial charge is 0.0448 e. The highest BCUT2D eigenvalue weighted by Gasteiger charge is 2.22. The van der Waals surface area contributed by atoms with E-state index >= 15 is 0 Å². The van der Waals surface area contributed by atoms with Gasteiger partial charge >= 0.3 is 0 Å². The Labute approximate surface area is 253 Å². The van der Waals surface area contributed by atoms with Gasteiger partial charge < -0.3 is 9.90 Å². The minimum absolute atomic E-state index is 0.220. The molecule has 2 unspecified atom stereocenters. The lowest BCUT2D eigenvalue weighted by molar-refractivity contribution is -0.313. The molecule has 0 N–H and O–H groups in total. The van der Waals surface area contributed by atoms with E-state index in [4.69, 9.17) is 0 Å². The number of unbranched alkanes of at least 4 members (excludes halogenated alkanes) is 26. The fourth-order valence-corrected chi connectivity index (χ4v) is 6.56. The van der Waals surface area contributed by atoms with Crippen LogP contribution < -0.4 is 5.11 Å². The highest BCUT2D eigenvalue weighted by Crippen LogP contribution is 2.30. The summed E-state index contributed by atoms with van der Waals surface area (Å²) in [6.45, 7) is 6.83. The summed E-state index contributed by atoms with van der Waals surface area (Å²) in [5, 5.41) is 12.2. The number of carbonyl (C=O) groups is 1. The Kier molecular flexibility index (Phi) is 32.5. The summed E-state index contributed by atoms with van der Waals surface area (Å²) in [7, 11) is 0. The second-order valence-electron chi connectivity index (χ2n) is 13.2. The maximum atomic E-state index is 12.2. The van der Waals surface area contributed by atoms with E-state index in [1.807, 2.05) is 0 Å². The van der Waals surface area contributed by atoms with Gasteiger partial charge in [-0.2, -0.15) is 0 Å².